The van der Waals surface area contributed by atoms with Gasteiger partial charge in [0.25, 0.3) is 5.96 Å². The molecule has 76 valence electrons. The highest BCUT2D eigenvalue weighted by Gasteiger charge is 2.24. The van der Waals surface area contributed by atoms with Gasteiger partial charge in [-0.2, -0.15) is 0 Å². The van der Waals surface area contributed by atoms with E-state index in [-0.39, 0.29) is 5.96 Å². The van der Waals surface area contributed by atoms with Gasteiger partial charge in [-0.3, -0.25) is 0 Å². The topological polar surface area (TPSA) is 169 Å². The van der Waals surface area contributed by atoms with E-state index in [2.05, 4.69) is 30.0 Å². The molecule has 0 fully saturated rings. The first-order valence-electron chi connectivity index (χ1n) is 3.34. The molecule has 0 saturated heterocycles. The van der Waals surface area contributed by atoms with Gasteiger partial charge in [-0.25, -0.2) is 20.1 Å². The predicted octanol–water partition coefficient (Wildman–Crippen LogP) is 0.784. The van der Waals surface area contributed by atoms with Gasteiger partial charge in [0, 0.05) is 9.82 Å². The summed E-state index contributed by atoms with van der Waals surface area (Å²) < 4.78 is 0. The maximum Gasteiger partial charge on any atom is 0.261 e. The Hall–Kier alpha value is -2.84. The van der Waals surface area contributed by atoms with E-state index >= 15 is 0 Å². The van der Waals surface area contributed by atoms with Gasteiger partial charge in [-0.15, -0.1) is 0 Å². The molecule has 1 rings (SSSR count). The Labute approximate surface area is 80.9 Å². The smallest absolute Gasteiger partial charge is 0.236 e. The zero-order valence-electron chi connectivity index (χ0n) is 7.00. The van der Waals surface area contributed by atoms with Crippen LogP contribution in [0.2, 0.25) is 0 Å². The third-order valence-corrected chi connectivity index (χ3v) is 1.24. The fourth-order valence-corrected chi connectivity index (χ4v) is 0.709. The van der Waals surface area contributed by atoms with Crippen molar-refractivity contribution in [1.29, 1.82) is 0 Å². The number of guanidine groups is 2. The van der Waals surface area contributed by atoms with Crippen molar-refractivity contribution in [3.63, 3.8) is 0 Å². The average Bonchev–Trinajstić information content (AvgIpc) is 2.18. The van der Waals surface area contributed by atoms with Gasteiger partial charge in [0.2, 0.25) is 5.96 Å². The number of aliphatic imine (C=N–C) groups is 2. The lowest BCUT2D eigenvalue weighted by molar-refractivity contribution is -0.629. The lowest BCUT2D eigenvalue weighted by Gasteiger charge is -2.13. The van der Waals surface area contributed by atoms with Crippen molar-refractivity contribution in [1.82, 2.24) is 5.01 Å². The normalized spacial score (nSPS) is 14.3. The number of hydrogen-bond acceptors (Lipinski definition) is 6. The number of nitro groups is 1. The second-order valence-electron chi connectivity index (χ2n) is 2.03. The molecule has 0 unspecified atom stereocenters. The summed E-state index contributed by atoms with van der Waals surface area (Å²) in [5, 5.41) is 16.0. The molecule has 0 N–H and O–H groups in total. The predicted molar refractivity (Wildman–Crippen MR) is 46.9 cm³/mol. The molecule has 0 spiro atoms. The zero-order valence-corrected chi connectivity index (χ0v) is 7.00. The van der Waals surface area contributed by atoms with E-state index in [0.29, 0.717) is 5.01 Å². The summed E-state index contributed by atoms with van der Waals surface area (Å²) in [6.45, 7) is -0.431. The van der Waals surface area contributed by atoms with E-state index in [4.69, 9.17) is 11.1 Å². The molecule has 12 nitrogen and oxygen atoms in total. The van der Waals surface area contributed by atoms with E-state index in [0.717, 1.165) is 0 Å². The van der Waals surface area contributed by atoms with Crippen molar-refractivity contribution in [3.8, 4) is 0 Å². The molecule has 0 saturated carbocycles. The highest BCUT2D eigenvalue weighted by atomic mass is 16.7. The Kier molecular flexibility index (Phi) is 3.01. The van der Waals surface area contributed by atoms with Crippen LogP contribution < -0.4 is 0 Å². The molecule has 12 heteroatoms. The first kappa shape index (κ1) is 10.2. The van der Waals surface area contributed by atoms with Gasteiger partial charge in [-0.1, -0.05) is 5.01 Å². The molecule has 0 aromatic rings. The quantitative estimate of drug-likeness (QED) is 0.205. The van der Waals surface area contributed by atoms with Crippen LogP contribution in [0.3, 0.4) is 0 Å². The van der Waals surface area contributed by atoms with Gasteiger partial charge in [-0.05, 0) is 21.3 Å². The van der Waals surface area contributed by atoms with Crippen molar-refractivity contribution in [2.45, 2.75) is 0 Å². The summed E-state index contributed by atoms with van der Waals surface area (Å²) in [5.41, 5.74) is 16.2. The van der Waals surface area contributed by atoms with Crippen molar-refractivity contribution >= 4 is 11.9 Å². The molecule has 0 aromatic carbocycles. The van der Waals surface area contributed by atoms with Gasteiger partial charge in [0.1, 0.15) is 0 Å². The third-order valence-electron chi connectivity index (χ3n) is 1.24. The molecule has 0 aliphatic carbocycles. The molecule has 0 amide bonds. The molecule has 1 heterocycles. The van der Waals surface area contributed by atoms with Crippen molar-refractivity contribution in [2.75, 3.05) is 6.67 Å². The number of nitrogens with zero attached hydrogens (tertiary/aromatic N) is 10. The molecular formula is C3H2N10O2. The minimum Gasteiger partial charge on any atom is -0.236 e. The number of hydrazine groups is 1. The van der Waals surface area contributed by atoms with E-state index in [9.17, 15) is 10.1 Å². The molecule has 0 aromatic heterocycles. The third kappa shape index (κ3) is 2.30. The standard InChI is InChI=1S/C3H2N10O2/c4-10-8-2-6-1-12(13(14)15)3(7-2)9-11-5/h1H2. The maximum atomic E-state index is 10.4. The van der Waals surface area contributed by atoms with Crippen LogP contribution in [0.4, 0.5) is 0 Å². The Morgan fingerprint density at radius 3 is 2.67 bits per heavy atom. The maximum absolute atomic E-state index is 10.4. The van der Waals surface area contributed by atoms with E-state index in [1.165, 1.54) is 0 Å². The minimum atomic E-state index is -0.843. The fraction of sp³-hybridized carbons (Fsp3) is 0.333. The van der Waals surface area contributed by atoms with E-state index in [1.807, 2.05) is 0 Å². The Morgan fingerprint density at radius 1 is 1.47 bits per heavy atom. The lowest BCUT2D eigenvalue weighted by Crippen LogP contribution is -2.38. The van der Waals surface area contributed by atoms with Crippen LogP contribution in [0.1, 0.15) is 0 Å². The largest absolute Gasteiger partial charge is 0.261 e. The van der Waals surface area contributed by atoms with Crippen LogP contribution in [0.15, 0.2) is 20.2 Å². The zero-order chi connectivity index (χ0) is 11.3. The molecule has 0 atom stereocenters. The molecule has 0 bridgehead atoms. The molecule has 1 aliphatic heterocycles. The first-order valence-corrected chi connectivity index (χ1v) is 3.34. The highest BCUT2D eigenvalue weighted by molar-refractivity contribution is 5.96. The van der Waals surface area contributed by atoms with Gasteiger partial charge < -0.3 is 0 Å². The second kappa shape index (κ2) is 4.41. The fourth-order valence-electron chi connectivity index (χ4n) is 0.709. The van der Waals surface area contributed by atoms with Crippen LogP contribution >= 0.6 is 0 Å². The summed E-state index contributed by atoms with van der Waals surface area (Å²) in [4.78, 5) is 22.0. The SMILES string of the molecule is [N-]=[N+]=NC1=NCN([N+](=O)[O-])C(N=[N+]=[N-])=N1. The van der Waals surface area contributed by atoms with E-state index < -0.39 is 17.7 Å². The summed E-state index contributed by atoms with van der Waals surface area (Å²) >= 11 is 0. The van der Waals surface area contributed by atoms with Crippen LogP contribution in [0.5, 0.6) is 0 Å². The second-order valence-corrected chi connectivity index (χ2v) is 2.03. The van der Waals surface area contributed by atoms with Gasteiger partial charge >= 0.3 is 0 Å². The number of azide groups is 2. The Bertz CT molecular complexity index is 436. The van der Waals surface area contributed by atoms with Crippen molar-refractivity contribution in [2.24, 2.45) is 20.2 Å². The summed E-state index contributed by atoms with van der Waals surface area (Å²) in [6.07, 6.45) is 0. The van der Waals surface area contributed by atoms with Crippen LogP contribution in [-0.4, -0.2) is 28.6 Å². The van der Waals surface area contributed by atoms with Crippen LogP contribution in [0.25, 0.3) is 20.9 Å². The van der Waals surface area contributed by atoms with Crippen LogP contribution in [-0.2, 0) is 0 Å². The van der Waals surface area contributed by atoms with Gasteiger partial charge in [0.15, 0.2) is 11.7 Å². The monoisotopic (exact) mass is 210 g/mol. The summed E-state index contributed by atoms with van der Waals surface area (Å²) in [7, 11) is 0. The molecule has 0 radical (unpaired) electrons. The summed E-state index contributed by atoms with van der Waals surface area (Å²) in [6, 6.07) is 0. The molecule has 1 aliphatic rings. The Balaban J connectivity index is 3.07. The molecular weight excluding hydrogens is 208 g/mol. The molecule has 15 heavy (non-hydrogen) atoms. The Morgan fingerprint density at radius 2 is 2.13 bits per heavy atom. The summed E-state index contributed by atoms with van der Waals surface area (Å²) in [5.74, 6) is -0.849. The number of hydrogen-bond donors (Lipinski definition) is 0. The van der Waals surface area contributed by atoms with Crippen molar-refractivity contribution in [3.05, 3.63) is 31.0 Å². The number of rotatable bonds is 1. The minimum absolute atomic E-state index is 0.321. The van der Waals surface area contributed by atoms with Crippen molar-refractivity contribution < 1.29 is 5.03 Å². The van der Waals surface area contributed by atoms with E-state index in [1.54, 1.807) is 0 Å². The average molecular weight is 210 g/mol. The lowest BCUT2D eigenvalue weighted by atomic mass is 10.7. The van der Waals surface area contributed by atoms with Gasteiger partial charge in [0.05, 0.1) is 0 Å². The van der Waals surface area contributed by atoms with Crippen LogP contribution in [0, 0.1) is 10.1 Å². The highest BCUT2D eigenvalue weighted by Crippen LogP contribution is 2.04. The first-order chi connectivity index (χ1) is 7.19.